The second kappa shape index (κ2) is 8.87. The number of rotatable bonds is 2. The summed E-state index contributed by atoms with van der Waals surface area (Å²) in [5.41, 5.74) is 1.13. The Kier molecular flexibility index (Phi) is 5.77. The Morgan fingerprint density at radius 3 is 2.85 bits per heavy atom. The maximum atomic E-state index is 14.3. The molecule has 0 unspecified atom stereocenters. The zero-order valence-corrected chi connectivity index (χ0v) is 18.3. The number of halogens is 2. The van der Waals surface area contributed by atoms with Crippen molar-refractivity contribution in [1.29, 1.82) is 0 Å². The van der Waals surface area contributed by atoms with Gasteiger partial charge in [0.05, 0.1) is 18.3 Å². The summed E-state index contributed by atoms with van der Waals surface area (Å²) in [5, 5.41) is 5.05. The number of thiazole rings is 1. The smallest absolute Gasteiger partial charge is 0.282 e. The van der Waals surface area contributed by atoms with Gasteiger partial charge in [0, 0.05) is 42.8 Å². The third-order valence-electron chi connectivity index (χ3n) is 5.78. The van der Waals surface area contributed by atoms with Gasteiger partial charge in [-0.1, -0.05) is 6.07 Å². The zero-order chi connectivity index (χ0) is 22.9. The summed E-state index contributed by atoms with van der Waals surface area (Å²) < 4.78 is 33.6. The molecular formula is C23H20F2N4O3S. The van der Waals surface area contributed by atoms with E-state index in [-0.39, 0.29) is 36.6 Å². The number of carbonyl (C=O) groups excluding carboxylic acids is 2. The number of aromatic nitrogens is 1. The topological polar surface area (TPSA) is 74.8 Å². The zero-order valence-electron chi connectivity index (χ0n) is 17.5. The molecule has 1 atom stereocenters. The fourth-order valence-electron chi connectivity index (χ4n) is 4.11. The first-order chi connectivity index (χ1) is 16.0. The van der Waals surface area contributed by atoms with Gasteiger partial charge in [0.15, 0.2) is 5.01 Å². The van der Waals surface area contributed by atoms with Crippen LogP contribution in [-0.2, 0) is 4.79 Å². The molecule has 3 aromatic rings. The molecule has 10 heteroatoms. The van der Waals surface area contributed by atoms with Gasteiger partial charge >= 0.3 is 0 Å². The van der Waals surface area contributed by atoms with Gasteiger partial charge in [-0.2, -0.15) is 0 Å². The van der Waals surface area contributed by atoms with Crippen molar-refractivity contribution < 1.29 is 23.1 Å². The average Bonchev–Trinajstić information content (AvgIpc) is 3.34. The van der Waals surface area contributed by atoms with E-state index in [4.69, 9.17) is 4.74 Å². The molecule has 7 nitrogen and oxygen atoms in total. The molecular weight excluding hydrogens is 450 g/mol. The molecule has 1 aromatic heterocycles. The average molecular weight is 471 g/mol. The molecule has 1 saturated heterocycles. The van der Waals surface area contributed by atoms with Crippen LogP contribution in [0.1, 0.15) is 9.80 Å². The van der Waals surface area contributed by atoms with Crippen LogP contribution in [0.3, 0.4) is 0 Å². The normalized spacial score (nSPS) is 18.8. The number of nitrogens with one attached hydrogen (secondary N) is 1. The highest BCUT2D eigenvalue weighted by molar-refractivity contribution is 7.11. The van der Waals surface area contributed by atoms with Gasteiger partial charge in [0.25, 0.3) is 5.91 Å². The molecule has 0 bridgehead atoms. The Bertz CT molecular complexity index is 1200. The third kappa shape index (κ3) is 4.44. The molecule has 0 saturated carbocycles. The fraction of sp³-hybridized carbons (Fsp3) is 0.261. The molecule has 2 aromatic carbocycles. The van der Waals surface area contributed by atoms with Crippen LogP contribution in [0.15, 0.2) is 48.0 Å². The largest absolute Gasteiger partial charge is 0.490 e. The van der Waals surface area contributed by atoms with E-state index in [1.165, 1.54) is 23.5 Å². The first kappa shape index (κ1) is 21.5. The fourth-order valence-corrected chi connectivity index (χ4v) is 4.72. The van der Waals surface area contributed by atoms with Gasteiger partial charge in [-0.25, -0.2) is 13.8 Å². The molecule has 1 fully saturated rings. The quantitative estimate of drug-likeness (QED) is 0.623. The lowest BCUT2D eigenvalue weighted by molar-refractivity contribution is -0.118. The highest BCUT2D eigenvalue weighted by atomic mass is 32.1. The molecule has 0 radical (unpaired) electrons. The van der Waals surface area contributed by atoms with Gasteiger partial charge < -0.3 is 15.0 Å². The molecule has 170 valence electrons. The molecule has 2 amide bonds. The van der Waals surface area contributed by atoms with Crippen molar-refractivity contribution in [3.8, 4) is 16.9 Å². The van der Waals surface area contributed by atoms with Crippen molar-refractivity contribution in [2.75, 3.05) is 38.1 Å². The molecule has 0 aliphatic carbocycles. The van der Waals surface area contributed by atoms with Crippen LogP contribution in [-0.4, -0.2) is 65.4 Å². The molecule has 3 heterocycles. The molecule has 1 N–H and O–H groups in total. The van der Waals surface area contributed by atoms with E-state index in [2.05, 4.69) is 10.3 Å². The Hall–Kier alpha value is -3.37. The van der Waals surface area contributed by atoms with Crippen molar-refractivity contribution in [2.24, 2.45) is 0 Å². The number of carbonyl (C=O) groups is 2. The number of benzene rings is 2. The number of ether oxygens (including phenoxy) is 1. The van der Waals surface area contributed by atoms with Crippen LogP contribution in [0.5, 0.6) is 5.75 Å². The van der Waals surface area contributed by atoms with Gasteiger partial charge in [0.2, 0.25) is 5.91 Å². The molecule has 33 heavy (non-hydrogen) atoms. The van der Waals surface area contributed by atoms with Crippen molar-refractivity contribution in [3.05, 3.63) is 64.6 Å². The SMILES string of the molecule is O=C1CN2CCN(C(=O)c3nccs3)C[C@@H]2COc2ccc(-c3ccc(F)cc3F)cc2N1. The van der Waals surface area contributed by atoms with E-state index < -0.39 is 11.6 Å². The Morgan fingerprint density at radius 2 is 2.06 bits per heavy atom. The monoisotopic (exact) mass is 470 g/mol. The number of hydrogen-bond acceptors (Lipinski definition) is 6. The lowest BCUT2D eigenvalue weighted by Crippen LogP contribution is -2.57. The minimum Gasteiger partial charge on any atom is -0.490 e. The first-order valence-electron chi connectivity index (χ1n) is 10.4. The third-order valence-corrected chi connectivity index (χ3v) is 6.54. The van der Waals surface area contributed by atoms with Crippen LogP contribution >= 0.6 is 11.3 Å². The van der Waals surface area contributed by atoms with Gasteiger partial charge in [-0.3, -0.25) is 14.5 Å². The predicted molar refractivity (Wildman–Crippen MR) is 119 cm³/mol. The number of fused-ring (bicyclic) bond motifs is 2. The summed E-state index contributed by atoms with van der Waals surface area (Å²) in [6, 6.07) is 8.13. The van der Waals surface area contributed by atoms with E-state index in [1.807, 2.05) is 4.90 Å². The van der Waals surface area contributed by atoms with Crippen LogP contribution in [0.2, 0.25) is 0 Å². The van der Waals surface area contributed by atoms with Crippen LogP contribution in [0.4, 0.5) is 14.5 Å². The maximum absolute atomic E-state index is 14.3. The summed E-state index contributed by atoms with van der Waals surface area (Å²) in [6.07, 6.45) is 1.60. The first-order valence-corrected chi connectivity index (χ1v) is 11.3. The van der Waals surface area contributed by atoms with Crippen molar-refractivity contribution in [3.63, 3.8) is 0 Å². The number of piperazine rings is 1. The molecule has 2 aliphatic rings. The predicted octanol–water partition coefficient (Wildman–Crippen LogP) is 3.25. The lowest BCUT2D eigenvalue weighted by atomic mass is 10.0. The summed E-state index contributed by atoms with van der Waals surface area (Å²) in [5.74, 6) is -1.26. The van der Waals surface area contributed by atoms with Crippen molar-refractivity contribution >= 4 is 28.8 Å². The van der Waals surface area contributed by atoms with Crippen LogP contribution < -0.4 is 10.1 Å². The van der Waals surface area contributed by atoms with Crippen LogP contribution in [0.25, 0.3) is 11.1 Å². The van der Waals surface area contributed by atoms with E-state index >= 15 is 0 Å². The maximum Gasteiger partial charge on any atom is 0.282 e. The Labute approximate surface area is 192 Å². The van der Waals surface area contributed by atoms with E-state index in [0.717, 1.165) is 6.07 Å². The summed E-state index contributed by atoms with van der Waals surface area (Å²) in [6.45, 7) is 1.85. The second-order valence-electron chi connectivity index (χ2n) is 7.91. The van der Waals surface area contributed by atoms with Crippen LogP contribution in [0, 0.1) is 11.6 Å². The standard InChI is InChI=1S/C23H20F2N4O3S/c24-15-2-3-17(18(25)10-15)14-1-4-20-19(9-14)27-21(30)12-28-6-7-29(11-16(28)13-32-20)23(31)22-26-5-8-33-22/h1-5,8-10,16H,6-7,11-13H2,(H,27,30)/t16-/m1/s1. The minimum atomic E-state index is -0.688. The molecule has 2 aliphatic heterocycles. The highest BCUT2D eigenvalue weighted by Gasteiger charge is 2.33. The van der Waals surface area contributed by atoms with E-state index in [9.17, 15) is 18.4 Å². The lowest BCUT2D eigenvalue weighted by Gasteiger charge is -2.40. The van der Waals surface area contributed by atoms with Gasteiger partial charge in [-0.05, 0) is 29.8 Å². The summed E-state index contributed by atoms with van der Waals surface area (Å²) >= 11 is 1.30. The highest BCUT2D eigenvalue weighted by Crippen LogP contribution is 2.33. The van der Waals surface area contributed by atoms with Crippen molar-refractivity contribution in [1.82, 2.24) is 14.8 Å². The van der Waals surface area contributed by atoms with E-state index in [1.54, 1.807) is 34.7 Å². The Morgan fingerprint density at radius 1 is 1.18 bits per heavy atom. The minimum absolute atomic E-state index is 0.125. The van der Waals surface area contributed by atoms with Gasteiger partial charge in [-0.15, -0.1) is 11.3 Å². The number of nitrogens with zero attached hydrogens (tertiary/aromatic N) is 3. The van der Waals surface area contributed by atoms with E-state index in [0.29, 0.717) is 41.6 Å². The van der Waals surface area contributed by atoms with Gasteiger partial charge in [0.1, 0.15) is 24.0 Å². The Balaban J connectivity index is 1.38. The second-order valence-corrected chi connectivity index (χ2v) is 8.80. The molecule has 0 spiro atoms. The molecule has 5 rings (SSSR count). The summed E-state index contributed by atoms with van der Waals surface area (Å²) in [4.78, 5) is 33.3. The summed E-state index contributed by atoms with van der Waals surface area (Å²) in [7, 11) is 0. The number of amides is 2. The van der Waals surface area contributed by atoms with Crippen molar-refractivity contribution in [2.45, 2.75) is 6.04 Å². The number of hydrogen-bond donors (Lipinski definition) is 1. The number of anilines is 1.